The summed E-state index contributed by atoms with van der Waals surface area (Å²) < 4.78 is 0. The molecule has 0 amide bonds. The first-order valence-corrected chi connectivity index (χ1v) is 8.73. The van der Waals surface area contributed by atoms with Gasteiger partial charge in [0.15, 0.2) is 0 Å². The van der Waals surface area contributed by atoms with Crippen LogP contribution in [0.3, 0.4) is 0 Å². The summed E-state index contributed by atoms with van der Waals surface area (Å²) in [6, 6.07) is 0.686. The molecule has 2 rings (SSSR count). The molecule has 0 bridgehead atoms. The second-order valence-electron chi connectivity index (χ2n) is 6.80. The van der Waals surface area contributed by atoms with Crippen LogP contribution in [0.2, 0.25) is 0 Å². The van der Waals surface area contributed by atoms with Crippen molar-refractivity contribution in [1.82, 2.24) is 5.32 Å². The van der Waals surface area contributed by atoms with E-state index in [4.69, 9.17) is 0 Å². The maximum Gasteiger partial charge on any atom is 0.0307 e. The summed E-state index contributed by atoms with van der Waals surface area (Å²) in [5.74, 6) is 1.84. The van der Waals surface area contributed by atoms with Crippen LogP contribution in [-0.2, 0) is 0 Å². The highest BCUT2D eigenvalue weighted by atomic mass is 14.9. The highest BCUT2D eigenvalue weighted by Gasteiger charge is 2.28. The van der Waals surface area contributed by atoms with E-state index in [0.717, 1.165) is 18.4 Å². The first-order valence-electron chi connectivity index (χ1n) is 8.73. The lowest BCUT2D eigenvalue weighted by molar-refractivity contribution is 0.237. The summed E-state index contributed by atoms with van der Waals surface area (Å²) in [5, 5.41) is 3.82. The Balaban J connectivity index is 2.04. The third-order valence-electron chi connectivity index (χ3n) is 5.10. The number of hydrogen-bond acceptors (Lipinski definition) is 1. The number of nitrogens with one attached hydrogen (secondary N) is 1. The summed E-state index contributed by atoms with van der Waals surface area (Å²) in [7, 11) is 0. The number of rotatable bonds is 4. The molecule has 0 aromatic carbocycles. The van der Waals surface area contributed by atoms with Gasteiger partial charge in [-0.2, -0.15) is 0 Å². The number of hydrogen-bond donors (Lipinski definition) is 1. The molecule has 1 nitrogen and oxygen atoms in total. The summed E-state index contributed by atoms with van der Waals surface area (Å²) >= 11 is 0. The summed E-state index contributed by atoms with van der Waals surface area (Å²) in [6.07, 6.45) is 16.7. The van der Waals surface area contributed by atoms with E-state index in [1.165, 1.54) is 64.2 Å². The molecule has 0 aromatic heterocycles. The zero-order valence-corrected chi connectivity index (χ0v) is 13.1. The van der Waals surface area contributed by atoms with Gasteiger partial charge >= 0.3 is 0 Å². The van der Waals surface area contributed by atoms with Gasteiger partial charge in [0.25, 0.3) is 0 Å². The molecule has 110 valence electrons. The SMILES string of the molecule is CCNC(C1=CCCCCCC1)C1CCCC(C)C1. The number of allylic oxidation sites excluding steroid dienone is 1. The fourth-order valence-electron chi connectivity index (χ4n) is 4.10. The molecule has 1 fully saturated rings. The van der Waals surface area contributed by atoms with E-state index in [1.807, 2.05) is 0 Å². The van der Waals surface area contributed by atoms with Crippen LogP contribution >= 0.6 is 0 Å². The molecule has 1 heteroatoms. The van der Waals surface area contributed by atoms with Crippen molar-refractivity contribution in [3.05, 3.63) is 11.6 Å². The van der Waals surface area contributed by atoms with Crippen molar-refractivity contribution in [1.29, 1.82) is 0 Å². The second kappa shape index (κ2) is 8.09. The lowest BCUT2D eigenvalue weighted by Crippen LogP contribution is -2.40. The Hall–Kier alpha value is -0.300. The Morgan fingerprint density at radius 1 is 1.16 bits per heavy atom. The lowest BCUT2D eigenvalue weighted by atomic mass is 9.75. The minimum atomic E-state index is 0.686. The maximum atomic E-state index is 3.82. The highest BCUT2D eigenvalue weighted by molar-refractivity contribution is 5.14. The molecule has 3 atom stereocenters. The average Bonchev–Trinajstić information content (AvgIpc) is 2.36. The molecule has 0 spiro atoms. The van der Waals surface area contributed by atoms with E-state index < -0.39 is 0 Å². The summed E-state index contributed by atoms with van der Waals surface area (Å²) in [6.45, 7) is 5.83. The molecule has 2 aliphatic carbocycles. The fraction of sp³-hybridized carbons (Fsp3) is 0.889. The van der Waals surface area contributed by atoms with Crippen molar-refractivity contribution >= 4 is 0 Å². The van der Waals surface area contributed by atoms with Gasteiger partial charge in [-0.3, -0.25) is 0 Å². The molecular formula is C18H33N. The van der Waals surface area contributed by atoms with Gasteiger partial charge in [-0.15, -0.1) is 0 Å². The van der Waals surface area contributed by atoms with Crippen molar-refractivity contribution in [2.45, 2.75) is 84.1 Å². The Morgan fingerprint density at radius 2 is 2.00 bits per heavy atom. The molecular weight excluding hydrogens is 230 g/mol. The van der Waals surface area contributed by atoms with E-state index in [0.29, 0.717) is 6.04 Å². The van der Waals surface area contributed by atoms with Gasteiger partial charge < -0.3 is 5.32 Å². The van der Waals surface area contributed by atoms with E-state index in [9.17, 15) is 0 Å². The van der Waals surface area contributed by atoms with Crippen molar-refractivity contribution in [3.63, 3.8) is 0 Å². The zero-order valence-electron chi connectivity index (χ0n) is 13.1. The zero-order chi connectivity index (χ0) is 13.5. The van der Waals surface area contributed by atoms with Gasteiger partial charge in [-0.25, -0.2) is 0 Å². The molecule has 0 heterocycles. The van der Waals surface area contributed by atoms with Crippen LogP contribution < -0.4 is 5.32 Å². The van der Waals surface area contributed by atoms with Gasteiger partial charge in [0.05, 0.1) is 0 Å². The molecule has 19 heavy (non-hydrogen) atoms. The summed E-state index contributed by atoms with van der Waals surface area (Å²) in [5.41, 5.74) is 1.75. The second-order valence-corrected chi connectivity index (χ2v) is 6.80. The van der Waals surface area contributed by atoms with Crippen molar-refractivity contribution in [2.75, 3.05) is 6.54 Å². The molecule has 2 aliphatic rings. The van der Waals surface area contributed by atoms with Crippen LogP contribution in [0.4, 0.5) is 0 Å². The van der Waals surface area contributed by atoms with Crippen LogP contribution in [0, 0.1) is 11.8 Å². The van der Waals surface area contributed by atoms with E-state index in [-0.39, 0.29) is 0 Å². The van der Waals surface area contributed by atoms with E-state index in [1.54, 1.807) is 5.57 Å². The summed E-state index contributed by atoms with van der Waals surface area (Å²) in [4.78, 5) is 0. The van der Waals surface area contributed by atoms with Crippen molar-refractivity contribution < 1.29 is 0 Å². The normalized spacial score (nSPS) is 31.2. The van der Waals surface area contributed by atoms with Crippen molar-refractivity contribution in [3.8, 4) is 0 Å². The minimum Gasteiger partial charge on any atom is -0.310 e. The molecule has 0 aliphatic heterocycles. The Labute approximate surface area is 120 Å². The first kappa shape index (κ1) is 15.1. The van der Waals surface area contributed by atoms with Crippen LogP contribution in [0.15, 0.2) is 11.6 Å². The average molecular weight is 263 g/mol. The minimum absolute atomic E-state index is 0.686. The molecule has 0 aromatic rings. The fourth-order valence-corrected chi connectivity index (χ4v) is 4.10. The lowest BCUT2D eigenvalue weighted by Gasteiger charge is -2.36. The molecule has 0 saturated heterocycles. The smallest absolute Gasteiger partial charge is 0.0307 e. The molecule has 0 radical (unpaired) electrons. The predicted molar refractivity (Wildman–Crippen MR) is 84.4 cm³/mol. The van der Waals surface area contributed by atoms with E-state index >= 15 is 0 Å². The third-order valence-corrected chi connectivity index (χ3v) is 5.10. The van der Waals surface area contributed by atoms with Crippen LogP contribution in [0.25, 0.3) is 0 Å². The van der Waals surface area contributed by atoms with Gasteiger partial charge in [-0.1, -0.05) is 51.2 Å². The third kappa shape index (κ3) is 4.63. The first-order chi connectivity index (χ1) is 9.31. The van der Waals surface area contributed by atoms with Gasteiger partial charge in [0, 0.05) is 6.04 Å². The largest absolute Gasteiger partial charge is 0.310 e. The molecule has 1 N–H and O–H groups in total. The molecule has 1 saturated carbocycles. The predicted octanol–water partition coefficient (Wildman–Crippen LogP) is 5.07. The van der Waals surface area contributed by atoms with Gasteiger partial charge in [-0.05, 0) is 56.9 Å². The number of likely N-dealkylation sites (N-methyl/N-ethyl adjacent to an activating group) is 1. The quantitative estimate of drug-likeness (QED) is 0.698. The topological polar surface area (TPSA) is 12.0 Å². The van der Waals surface area contributed by atoms with Crippen LogP contribution in [-0.4, -0.2) is 12.6 Å². The Kier molecular flexibility index (Phi) is 6.43. The van der Waals surface area contributed by atoms with Gasteiger partial charge in [0.2, 0.25) is 0 Å². The Morgan fingerprint density at radius 3 is 2.79 bits per heavy atom. The van der Waals surface area contributed by atoms with Crippen LogP contribution in [0.1, 0.15) is 78.1 Å². The monoisotopic (exact) mass is 263 g/mol. The highest BCUT2D eigenvalue weighted by Crippen LogP contribution is 2.34. The van der Waals surface area contributed by atoms with Crippen LogP contribution in [0.5, 0.6) is 0 Å². The maximum absolute atomic E-state index is 3.82. The van der Waals surface area contributed by atoms with Crippen molar-refractivity contribution in [2.24, 2.45) is 11.8 Å². The van der Waals surface area contributed by atoms with E-state index in [2.05, 4.69) is 25.2 Å². The standard InChI is InChI=1S/C18H33N/c1-3-19-18(17-13-9-10-15(2)14-17)16-11-7-5-4-6-8-12-16/h11,15,17-19H,3-10,12-14H2,1-2H3. The van der Waals surface area contributed by atoms with Gasteiger partial charge in [0.1, 0.15) is 0 Å². The molecule has 3 unspecified atom stereocenters. The Bertz CT molecular complexity index is 281.